The fourth-order valence-electron chi connectivity index (χ4n) is 14.1. The van der Waals surface area contributed by atoms with Gasteiger partial charge in [0.1, 0.15) is 12.3 Å². The van der Waals surface area contributed by atoms with Gasteiger partial charge in [0.15, 0.2) is 0 Å². The van der Waals surface area contributed by atoms with E-state index in [2.05, 4.69) is 65.6 Å². The zero-order valence-electron chi connectivity index (χ0n) is 30.9. The first-order chi connectivity index (χ1) is 22.5. The number of alkyl halides is 1. The molecule has 5 nitrogen and oxygen atoms in total. The molecule has 6 aliphatic carbocycles. The van der Waals surface area contributed by atoms with Crippen LogP contribution in [0.3, 0.4) is 0 Å². The Morgan fingerprint density at radius 2 is 1.71 bits per heavy atom. The van der Waals surface area contributed by atoms with Crippen LogP contribution < -0.4 is 5.32 Å². The lowest BCUT2D eigenvalue weighted by molar-refractivity contribution is -0.221. The van der Waals surface area contributed by atoms with Crippen molar-refractivity contribution in [3.63, 3.8) is 0 Å². The van der Waals surface area contributed by atoms with E-state index < -0.39 is 23.7 Å². The largest absolute Gasteiger partial charge is 0.481 e. The number of nitrogens with one attached hydrogen (secondary N) is 1. The molecule has 0 radical (unpaired) electrons. The zero-order chi connectivity index (χ0) is 34.5. The SMILES string of the molecule is C=C(C)[C@@H]1CC[C@]2(NCCC3(O)COC3)CC[C@]3(C)[C@H](CC[C@@H]4[C@@]5(C)CC=C(C6=CC[C@](CF)(C(=O)O)CC6)C(C)(C)[C@@H]5CC[C@]43C)[C@@H]12. The normalized spacial score (nSPS) is 47.3. The molecule has 3 N–H and O–H groups in total. The average molecular weight is 666 g/mol. The number of carbonyl (C=O) groups is 1. The van der Waals surface area contributed by atoms with Gasteiger partial charge >= 0.3 is 5.97 Å². The van der Waals surface area contributed by atoms with E-state index in [4.69, 9.17) is 4.74 Å². The number of fused-ring (bicyclic) bond motifs is 7. The number of hydrogen-bond acceptors (Lipinski definition) is 4. The van der Waals surface area contributed by atoms with E-state index in [9.17, 15) is 19.4 Å². The van der Waals surface area contributed by atoms with Crippen molar-refractivity contribution in [2.75, 3.05) is 26.4 Å². The molecule has 1 saturated heterocycles. The third-order valence-corrected chi connectivity index (χ3v) is 17.1. The summed E-state index contributed by atoms with van der Waals surface area (Å²) in [6.07, 6.45) is 17.8. The van der Waals surface area contributed by atoms with Crippen molar-refractivity contribution >= 4 is 5.97 Å². The molecule has 10 atom stereocenters. The van der Waals surface area contributed by atoms with Gasteiger partial charge in [0.25, 0.3) is 0 Å². The highest BCUT2D eigenvalue weighted by Crippen LogP contribution is 2.76. The highest BCUT2D eigenvalue weighted by molar-refractivity contribution is 5.75. The third kappa shape index (κ3) is 4.80. The minimum absolute atomic E-state index is 0.00542. The predicted octanol–water partition coefficient (Wildman–Crippen LogP) is 8.82. The molecular formula is C42H64FNO4. The van der Waals surface area contributed by atoms with Crippen molar-refractivity contribution in [3.05, 3.63) is 35.5 Å². The Morgan fingerprint density at radius 3 is 2.31 bits per heavy atom. The Bertz CT molecular complexity index is 1400. The van der Waals surface area contributed by atoms with Crippen LogP contribution in [0, 0.1) is 56.7 Å². The zero-order valence-corrected chi connectivity index (χ0v) is 30.9. The molecule has 5 fully saturated rings. The first kappa shape index (κ1) is 34.9. The van der Waals surface area contributed by atoms with Gasteiger partial charge in [-0.3, -0.25) is 4.79 Å². The number of hydrogen-bond donors (Lipinski definition) is 3. The molecule has 0 unspecified atom stereocenters. The van der Waals surface area contributed by atoms with Gasteiger partial charge in [-0.25, -0.2) is 4.39 Å². The molecule has 0 aromatic carbocycles. The Labute approximate surface area is 289 Å². The molecule has 6 heteroatoms. The fraction of sp³-hybridized carbons (Fsp3) is 0.833. The second-order valence-corrected chi connectivity index (χ2v) is 19.4. The summed E-state index contributed by atoms with van der Waals surface area (Å²) in [5.74, 6) is 2.05. The van der Waals surface area contributed by atoms with E-state index in [-0.39, 0.29) is 27.2 Å². The molecule has 1 aliphatic heterocycles. The number of carboxylic acids is 1. The highest BCUT2D eigenvalue weighted by Gasteiger charge is 2.70. The molecule has 4 saturated carbocycles. The lowest BCUT2D eigenvalue weighted by Gasteiger charge is -2.72. The number of halogens is 1. The van der Waals surface area contributed by atoms with Crippen molar-refractivity contribution < 1.29 is 24.1 Å². The van der Waals surface area contributed by atoms with Gasteiger partial charge in [0.2, 0.25) is 0 Å². The number of ether oxygens (including phenoxy) is 1. The summed E-state index contributed by atoms with van der Waals surface area (Å²) in [5.41, 5.74) is 3.02. The third-order valence-electron chi connectivity index (χ3n) is 17.1. The Balaban J connectivity index is 1.16. The molecule has 0 bridgehead atoms. The van der Waals surface area contributed by atoms with Gasteiger partial charge in [-0.2, -0.15) is 0 Å². The molecule has 0 aromatic heterocycles. The van der Waals surface area contributed by atoms with E-state index in [1.165, 1.54) is 68.1 Å². The number of carboxylic acid groups (broad SMARTS) is 1. The minimum atomic E-state index is -1.25. The van der Waals surface area contributed by atoms with Crippen LogP contribution in [0.4, 0.5) is 4.39 Å². The highest BCUT2D eigenvalue weighted by atomic mass is 19.1. The van der Waals surface area contributed by atoms with Gasteiger partial charge in [0.05, 0.1) is 18.6 Å². The second-order valence-electron chi connectivity index (χ2n) is 19.4. The molecular weight excluding hydrogens is 601 g/mol. The van der Waals surface area contributed by atoms with E-state index in [0.717, 1.165) is 19.4 Å². The lowest BCUT2D eigenvalue weighted by atomic mass is 9.33. The van der Waals surface area contributed by atoms with Gasteiger partial charge in [-0.05, 0) is 159 Å². The summed E-state index contributed by atoms with van der Waals surface area (Å²) in [6.45, 7) is 20.8. The summed E-state index contributed by atoms with van der Waals surface area (Å²) >= 11 is 0. The second kappa shape index (κ2) is 11.5. The van der Waals surface area contributed by atoms with E-state index in [1.807, 2.05) is 0 Å². The Kier molecular flexibility index (Phi) is 8.37. The number of allylic oxidation sites excluding steroid dienone is 5. The van der Waals surface area contributed by atoms with E-state index >= 15 is 0 Å². The maximum atomic E-state index is 13.9. The van der Waals surface area contributed by atoms with Crippen LogP contribution in [-0.2, 0) is 9.53 Å². The molecule has 0 amide bonds. The van der Waals surface area contributed by atoms with Crippen LogP contribution in [0.5, 0.6) is 0 Å². The van der Waals surface area contributed by atoms with Gasteiger partial charge in [0, 0.05) is 5.54 Å². The number of aliphatic hydroxyl groups is 1. The van der Waals surface area contributed by atoms with Gasteiger partial charge < -0.3 is 20.3 Å². The van der Waals surface area contributed by atoms with Crippen LogP contribution in [0.1, 0.15) is 125 Å². The maximum absolute atomic E-state index is 13.9. The fourth-order valence-corrected chi connectivity index (χ4v) is 14.1. The van der Waals surface area contributed by atoms with Crippen molar-refractivity contribution in [1.82, 2.24) is 5.32 Å². The molecule has 0 spiro atoms. The van der Waals surface area contributed by atoms with Crippen LogP contribution in [0.2, 0.25) is 0 Å². The van der Waals surface area contributed by atoms with Crippen molar-refractivity contribution in [1.29, 1.82) is 0 Å². The summed E-state index contributed by atoms with van der Waals surface area (Å²) in [5, 5.41) is 24.7. The molecule has 48 heavy (non-hydrogen) atoms. The van der Waals surface area contributed by atoms with Crippen LogP contribution >= 0.6 is 0 Å². The van der Waals surface area contributed by atoms with Gasteiger partial charge in [-0.1, -0.05) is 58.9 Å². The first-order valence-corrected chi connectivity index (χ1v) is 19.4. The predicted molar refractivity (Wildman–Crippen MR) is 189 cm³/mol. The molecule has 7 aliphatic rings. The Hall–Kier alpha value is -1.50. The van der Waals surface area contributed by atoms with E-state index in [0.29, 0.717) is 62.1 Å². The molecule has 7 rings (SSSR count). The monoisotopic (exact) mass is 665 g/mol. The Morgan fingerprint density at radius 1 is 0.958 bits per heavy atom. The summed E-state index contributed by atoms with van der Waals surface area (Å²) in [4.78, 5) is 12.0. The van der Waals surface area contributed by atoms with Crippen LogP contribution in [0.25, 0.3) is 0 Å². The van der Waals surface area contributed by atoms with Crippen molar-refractivity contribution in [2.45, 2.75) is 136 Å². The molecule has 1 heterocycles. The number of aliphatic carboxylic acids is 1. The summed E-state index contributed by atoms with van der Waals surface area (Å²) in [7, 11) is 0. The molecule has 0 aromatic rings. The average Bonchev–Trinajstić information content (AvgIpc) is 3.40. The van der Waals surface area contributed by atoms with Crippen molar-refractivity contribution in [3.8, 4) is 0 Å². The lowest BCUT2D eigenvalue weighted by Crippen LogP contribution is -2.68. The summed E-state index contributed by atoms with van der Waals surface area (Å²) in [6, 6.07) is 0. The van der Waals surface area contributed by atoms with Crippen LogP contribution in [0.15, 0.2) is 35.5 Å². The standard InChI is InChI=1S/C42H64FNO4/c1-27(2)29-12-19-42(44-23-22-41(47)25-48-26-41)21-20-38(6)31(34(29)42)8-9-33-37(5)15-13-30(36(3,4)32(37)14-16-39(33,38)7)28-10-17-40(24-43,18-11-28)35(45)46/h10,13,29,31-34,44,47H,1,8-9,11-12,14-26H2,2-7H3,(H,45,46)/t29-,31+,32-,33+,34+,37-,38+,39+,40-,42-/m0/s1. The maximum Gasteiger partial charge on any atom is 0.312 e. The van der Waals surface area contributed by atoms with Gasteiger partial charge in [-0.15, -0.1) is 0 Å². The summed E-state index contributed by atoms with van der Waals surface area (Å²) < 4.78 is 19.3. The number of rotatable bonds is 8. The van der Waals surface area contributed by atoms with E-state index in [1.54, 1.807) is 0 Å². The first-order valence-electron chi connectivity index (χ1n) is 19.4. The molecule has 268 valence electrons. The quantitative estimate of drug-likeness (QED) is 0.226. The minimum Gasteiger partial charge on any atom is -0.481 e. The topological polar surface area (TPSA) is 78.8 Å². The van der Waals surface area contributed by atoms with Crippen molar-refractivity contribution in [2.24, 2.45) is 56.7 Å². The van der Waals surface area contributed by atoms with Crippen LogP contribution in [-0.4, -0.2) is 53.8 Å². The smallest absolute Gasteiger partial charge is 0.312 e.